The Morgan fingerprint density at radius 2 is 1.85 bits per heavy atom. The maximum atomic E-state index is 12.6. The number of nitrogens with zero attached hydrogens (tertiary/aromatic N) is 1. The van der Waals surface area contributed by atoms with Gasteiger partial charge in [-0.05, 0) is 25.3 Å². The first-order valence-corrected chi connectivity index (χ1v) is 9.72. The van der Waals surface area contributed by atoms with E-state index in [0.29, 0.717) is 12.8 Å². The van der Waals surface area contributed by atoms with Crippen molar-refractivity contribution in [3.63, 3.8) is 0 Å². The number of likely N-dealkylation sites (tertiary alicyclic amines) is 1. The third-order valence-electron chi connectivity index (χ3n) is 4.84. The van der Waals surface area contributed by atoms with Gasteiger partial charge in [0.15, 0.2) is 0 Å². The van der Waals surface area contributed by atoms with E-state index in [1.165, 1.54) is 17.7 Å². The van der Waals surface area contributed by atoms with Gasteiger partial charge in [0.1, 0.15) is 6.04 Å². The number of rotatable bonds is 10. The minimum atomic E-state index is -0.705. The second-order valence-corrected chi connectivity index (χ2v) is 7.13. The Bertz CT molecular complexity index is 615. The normalized spacial score (nSPS) is 18.2. The van der Waals surface area contributed by atoms with Crippen LogP contribution in [-0.2, 0) is 20.8 Å². The number of amides is 3. The molecule has 26 heavy (non-hydrogen) atoms. The Morgan fingerprint density at radius 1 is 1.15 bits per heavy atom. The van der Waals surface area contributed by atoms with Crippen LogP contribution in [0, 0.1) is 0 Å². The summed E-state index contributed by atoms with van der Waals surface area (Å²) in [5.41, 5.74) is 1.08. The molecule has 0 spiro atoms. The SMILES string of the molecule is CCCCCCCC(=O)N[C@@H]1CC(=O)N([C@@H](C)Cc2ccccc2)C1=O. The van der Waals surface area contributed by atoms with Crippen LogP contribution in [-0.4, -0.2) is 34.7 Å². The minimum absolute atomic E-state index is 0.0690. The molecule has 1 N–H and O–H groups in total. The molecule has 0 aromatic heterocycles. The van der Waals surface area contributed by atoms with Crippen molar-refractivity contribution in [1.29, 1.82) is 0 Å². The third kappa shape index (κ3) is 5.68. The summed E-state index contributed by atoms with van der Waals surface area (Å²) < 4.78 is 0. The highest BCUT2D eigenvalue weighted by Gasteiger charge is 2.41. The van der Waals surface area contributed by atoms with Crippen LogP contribution < -0.4 is 5.32 Å². The fourth-order valence-corrected chi connectivity index (χ4v) is 3.43. The molecule has 5 heteroatoms. The van der Waals surface area contributed by atoms with E-state index >= 15 is 0 Å². The van der Waals surface area contributed by atoms with Crippen molar-refractivity contribution in [2.24, 2.45) is 0 Å². The summed E-state index contributed by atoms with van der Waals surface area (Å²) in [7, 11) is 0. The van der Waals surface area contributed by atoms with Gasteiger partial charge in [0.05, 0.1) is 6.42 Å². The van der Waals surface area contributed by atoms with E-state index in [9.17, 15) is 14.4 Å². The Labute approximate surface area is 156 Å². The van der Waals surface area contributed by atoms with Crippen LogP contribution >= 0.6 is 0 Å². The monoisotopic (exact) mass is 358 g/mol. The molecule has 3 amide bonds. The number of hydrogen-bond acceptors (Lipinski definition) is 3. The summed E-state index contributed by atoms with van der Waals surface area (Å²) in [4.78, 5) is 38.3. The molecule has 1 aromatic carbocycles. The maximum absolute atomic E-state index is 12.6. The summed E-state index contributed by atoms with van der Waals surface area (Å²) >= 11 is 0. The molecule has 0 unspecified atom stereocenters. The molecule has 142 valence electrons. The molecule has 1 fully saturated rings. The van der Waals surface area contributed by atoms with Crippen LogP contribution in [0.15, 0.2) is 30.3 Å². The number of unbranched alkanes of at least 4 members (excludes halogenated alkanes) is 4. The smallest absolute Gasteiger partial charge is 0.252 e. The van der Waals surface area contributed by atoms with Crippen LogP contribution in [0.25, 0.3) is 0 Å². The van der Waals surface area contributed by atoms with Crippen molar-refractivity contribution in [2.45, 2.75) is 77.3 Å². The van der Waals surface area contributed by atoms with Crippen LogP contribution in [0.2, 0.25) is 0 Å². The first kappa shape index (κ1) is 20.1. The number of nitrogens with one attached hydrogen (secondary N) is 1. The van der Waals surface area contributed by atoms with Crippen LogP contribution in [0.5, 0.6) is 0 Å². The fraction of sp³-hybridized carbons (Fsp3) is 0.571. The van der Waals surface area contributed by atoms with Crippen molar-refractivity contribution in [3.05, 3.63) is 35.9 Å². The van der Waals surface area contributed by atoms with Gasteiger partial charge in [0.25, 0.3) is 5.91 Å². The van der Waals surface area contributed by atoms with E-state index in [-0.39, 0.29) is 30.2 Å². The molecule has 0 bridgehead atoms. The molecule has 1 aliphatic rings. The molecule has 1 heterocycles. The zero-order chi connectivity index (χ0) is 18.9. The highest BCUT2D eigenvalue weighted by molar-refractivity contribution is 6.07. The van der Waals surface area contributed by atoms with Gasteiger partial charge < -0.3 is 5.32 Å². The van der Waals surface area contributed by atoms with Gasteiger partial charge in [-0.2, -0.15) is 0 Å². The second kappa shape index (κ2) is 10.1. The largest absolute Gasteiger partial charge is 0.344 e. The topological polar surface area (TPSA) is 66.5 Å². The van der Waals surface area contributed by atoms with Crippen LogP contribution in [0.3, 0.4) is 0 Å². The molecule has 0 saturated carbocycles. The molecule has 2 atom stereocenters. The van der Waals surface area contributed by atoms with Crippen LogP contribution in [0.4, 0.5) is 0 Å². The molecular weight excluding hydrogens is 328 g/mol. The lowest BCUT2D eigenvalue weighted by atomic mass is 10.1. The second-order valence-electron chi connectivity index (χ2n) is 7.13. The number of carbonyl (C=O) groups is 3. The number of benzene rings is 1. The number of imide groups is 1. The van der Waals surface area contributed by atoms with E-state index in [1.54, 1.807) is 0 Å². The van der Waals surface area contributed by atoms with E-state index in [4.69, 9.17) is 0 Å². The minimum Gasteiger partial charge on any atom is -0.344 e. The number of carbonyl (C=O) groups excluding carboxylic acids is 3. The quantitative estimate of drug-likeness (QED) is 0.516. The fourth-order valence-electron chi connectivity index (χ4n) is 3.43. The van der Waals surface area contributed by atoms with E-state index in [0.717, 1.165) is 24.8 Å². The molecule has 1 aliphatic heterocycles. The van der Waals surface area contributed by atoms with Crippen LogP contribution in [0.1, 0.15) is 64.4 Å². The van der Waals surface area contributed by atoms with Crippen molar-refractivity contribution >= 4 is 17.7 Å². The van der Waals surface area contributed by atoms with Crippen molar-refractivity contribution in [2.75, 3.05) is 0 Å². The molecule has 0 radical (unpaired) electrons. The van der Waals surface area contributed by atoms with Gasteiger partial charge in [-0.15, -0.1) is 0 Å². The molecule has 1 saturated heterocycles. The van der Waals surface area contributed by atoms with E-state index in [2.05, 4.69) is 12.2 Å². The Kier molecular flexibility index (Phi) is 7.82. The Morgan fingerprint density at radius 3 is 2.54 bits per heavy atom. The predicted octanol–water partition coefficient (Wildman–Crippen LogP) is 3.22. The molecule has 0 aliphatic carbocycles. The van der Waals surface area contributed by atoms with Crippen molar-refractivity contribution < 1.29 is 14.4 Å². The average molecular weight is 358 g/mol. The lowest BCUT2D eigenvalue weighted by molar-refractivity contribution is -0.142. The zero-order valence-corrected chi connectivity index (χ0v) is 15.9. The van der Waals surface area contributed by atoms with Crippen molar-refractivity contribution in [1.82, 2.24) is 10.2 Å². The summed E-state index contributed by atoms with van der Waals surface area (Å²) in [6.45, 7) is 4.03. The molecular formula is C21H30N2O3. The first-order valence-electron chi connectivity index (χ1n) is 9.72. The number of hydrogen-bond donors (Lipinski definition) is 1. The Balaban J connectivity index is 1.82. The van der Waals surface area contributed by atoms with Gasteiger partial charge >= 0.3 is 0 Å². The highest BCUT2D eigenvalue weighted by atomic mass is 16.2. The summed E-state index contributed by atoms with van der Waals surface area (Å²) in [5, 5.41) is 2.75. The summed E-state index contributed by atoms with van der Waals surface area (Å²) in [5.74, 6) is -0.616. The standard InChI is InChI=1S/C21H30N2O3/c1-3-4-5-6-10-13-19(24)22-18-15-20(25)23(21(18)26)16(2)14-17-11-8-7-9-12-17/h7-9,11-12,16,18H,3-6,10,13-15H2,1-2H3,(H,22,24)/t16-,18+/m0/s1. The van der Waals surface area contributed by atoms with Crippen molar-refractivity contribution in [3.8, 4) is 0 Å². The maximum Gasteiger partial charge on any atom is 0.252 e. The van der Waals surface area contributed by atoms with Gasteiger partial charge in [-0.3, -0.25) is 19.3 Å². The summed E-state index contributed by atoms with van der Waals surface area (Å²) in [6.07, 6.45) is 6.45. The third-order valence-corrected chi connectivity index (χ3v) is 4.84. The summed E-state index contributed by atoms with van der Waals surface area (Å²) in [6, 6.07) is 8.88. The Hall–Kier alpha value is -2.17. The molecule has 1 aromatic rings. The van der Waals surface area contributed by atoms with E-state index < -0.39 is 6.04 Å². The van der Waals surface area contributed by atoms with Gasteiger partial charge in [0, 0.05) is 12.5 Å². The van der Waals surface area contributed by atoms with Gasteiger partial charge in [-0.1, -0.05) is 62.9 Å². The molecule has 5 nitrogen and oxygen atoms in total. The predicted molar refractivity (Wildman–Crippen MR) is 101 cm³/mol. The average Bonchev–Trinajstić information content (AvgIpc) is 2.89. The highest BCUT2D eigenvalue weighted by Crippen LogP contribution is 2.19. The lowest BCUT2D eigenvalue weighted by Crippen LogP contribution is -2.45. The molecule has 2 rings (SSSR count). The zero-order valence-electron chi connectivity index (χ0n) is 15.9. The van der Waals surface area contributed by atoms with Gasteiger partial charge in [0.2, 0.25) is 11.8 Å². The first-order chi connectivity index (χ1) is 12.5. The van der Waals surface area contributed by atoms with E-state index in [1.807, 2.05) is 37.3 Å². The van der Waals surface area contributed by atoms with Gasteiger partial charge in [-0.25, -0.2) is 0 Å². The lowest BCUT2D eigenvalue weighted by Gasteiger charge is -2.23.